The molecule has 0 radical (unpaired) electrons. The molecule has 0 aliphatic heterocycles. The third-order valence-corrected chi connectivity index (χ3v) is 2.94. The number of Topliss-reactive ketones (excluding diaryl/α,β-unsaturated/α-hetero) is 1. The van der Waals surface area contributed by atoms with Gasteiger partial charge in [-0.3, -0.25) is 4.79 Å². The number of halogens is 2. The molecule has 0 fully saturated rings. The largest absolute Gasteiger partial charge is 0.298 e. The first-order chi connectivity index (χ1) is 6.61. The molecule has 0 aromatic heterocycles. The Hall–Kier alpha value is -0.340. The lowest BCUT2D eigenvalue weighted by Crippen LogP contribution is -2.00. The molecule has 78 valence electrons. The first-order valence-electron chi connectivity index (χ1n) is 4.51. The second-order valence-electron chi connectivity index (χ2n) is 2.52. The van der Waals surface area contributed by atoms with Crippen LogP contribution < -0.4 is 0 Å². The number of hydrogen-bond donors (Lipinski definition) is 0. The lowest BCUT2D eigenvalue weighted by molar-refractivity contribution is -0.116. The van der Waals surface area contributed by atoms with Gasteiger partial charge in [0.2, 0.25) is 0 Å². The van der Waals surface area contributed by atoms with Crippen molar-refractivity contribution in [1.29, 1.82) is 0 Å². The van der Waals surface area contributed by atoms with E-state index >= 15 is 0 Å². The van der Waals surface area contributed by atoms with Gasteiger partial charge < -0.3 is 0 Å². The summed E-state index contributed by atoms with van der Waals surface area (Å²) in [6, 6.07) is 7.22. The second-order valence-corrected chi connectivity index (χ2v) is 3.88. The molecule has 0 saturated heterocycles. The van der Waals surface area contributed by atoms with Crippen molar-refractivity contribution in [3.05, 3.63) is 34.9 Å². The van der Waals surface area contributed by atoms with Crippen molar-refractivity contribution in [1.82, 2.24) is 0 Å². The van der Waals surface area contributed by atoms with Crippen molar-refractivity contribution in [3.63, 3.8) is 0 Å². The molecule has 1 unspecified atom stereocenters. The maximum atomic E-state index is 10.9. The number of ketones is 1. The van der Waals surface area contributed by atoms with E-state index in [1.165, 1.54) is 0 Å². The van der Waals surface area contributed by atoms with E-state index in [1.807, 2.05) is 26.0 Å². The van der Waals surface area contributed by atoms with Gasteiger partial charge in [-0.05, 0) is 24.6 Å². The van der Waals surface area contributed by atoms with Crippen molar-refractivity contribution in [2.24, 2.45) is 0 Å². The molecule has 0 bridgehead atoms. The summed E-state index contributed by atoms with van der Waals surface area (Å²) in [4.78, 5) is 10.7. The molecule has 1 aromatic carbocycles. The number of hydrogen-bond acceptors (Lipinski definition) is 1. The summed E-state index contributed by atoms with van der Waals surface area (Å²) in [6.45, 7) is 5.55. The van der Waals surface area contributed by atoms with Crippen LogP contribution in [-0.4, -0.2) is 5.78 Å². The summed E-state index contributed by atoms with van der Waals surface area (Å²) < 4.78 is 0. The van der Waals surface area contributed by atoms with E-state index in [1.54, 1.807) is 19.1 Å². The molecule has 0 spiro atoms. The van der Waals surface area contributed by atoms with E-state index < -0.39 is 0 Å². The Labute approximate surface area is 98.6 Å². The van der Waals surface area contributed by atoms with Crippen LogP contribution in [0.5, 0.6) is 0 Å². The molecular weight excluding hydrogens is 263 g/mol. The van der Waals surface area contributed by atoms with Crippen molar-refractivity contribution in [2.75, 3.05) is 0 Å². The summed E-state index contributed by atoms with van der Waals surface area (Å²) in [5, 5.41) is 0.682. The maximum absolute atomic E-state index is 10.9. The number of carbonyl (C=O) groups is 1. The summed E-state index contributed by atoms with van der Waals surface area (Å²) in [6.07, 6.45) is 0. The quantitative estimate of drug-likeness (QED) is 0.733. The molecule has 0 aliphatic rings. The number of alkyl halides is 1. The van der Waals surface area contributed by atoms with E-state index in [0.717, 1.165) is 5.56 Å². The fraction of sp³-hybridized carbons (Fsp3) is 0.364. The third kappa shape index (κ3) is 4.25. The van der Waals surface area contributed by atoms with Crippen molar-refractivity contribution >= 4 is 33.3 Å². The molecule has 3 heteroatoms. The molecule has 14 heavy (non-hydrogen) atoms. The smallest absolute Gasteiger partial charge is 0.147 e. The van der Waals surface area contributed by atoms with Crippen LogP contribution in [0.3, 0.4) is 0 Å². The highest BCUT2D eigenvalue weighted by Gasteiger charge is 2.11. The zero-order valence-electron chi connectivity index (χ0n) is 8.55. The first-order valence-corrected chi connectivity index (χ1v) is 5.80. The molecular formula is C11H14BrClO. The van der Waals surface area contributed by atoms with Crippen LogP contribution in [0.2, 0.25) is 5.02 Å². The molecule has 1 nitrogen and oxygen atoms in total. The minimum Gasteiger partial charge on any atom is -0.298 e. The lowest BCUT2D eigenvalue weighted by Gasteiger charge is -2.04. The van der Waals surface area contributed by atoms with Crippen LogP contribution >= 0.6 is 27.5 Å². The molecule has 0 N–H and O–H groups in total. The Bertz CT molecular complexity index is 282. The van der Waals surface area contributed by atoms with E-state index in [0.29, 0.717) is 5.02 Å². The normalized spacial score (nSPS) is 11.2. The Kier molecular flexibility index (Phi) is 6.85. The standard InChI is InChI=1S/C9H8BrClO.C2H6/c1-6(12)9(10)7-2-4-8(11)5-3-7;1-2/h2-5,9H,1H3;1-2H3. The minimum absolute atomic E-state index is 0.0947. The Morgan fingerprint density at radius 1 is 1.29 bits per heavy atom. The number of benzene rings is 1. The highest BCUT2D eigenvalue weighted by atomic mass is 79.9. The predicted molar refractivity (Wildman–Crippen MR) is 65.1 cm³/mol. The third-order valence-electron chi connectivity index (χ3n) is 1.52. The molecule has 1 rings (SSSR count). The van der Waals surface area contributed by atoms with Gasteiger partial charge in [0.25, 0.3) is 0 Å². The lowest BCUT2D eigenvalue weighted by atomic mass is 10.1. The Morgan fingerprint density at radius 2 is 1.71 bits per heavy atom. The average Bonchev–Trinajstić information content (AvgIpc) is 2.21. The zero-order valence-corrected chi connectivity index (χ0v) is 10.9. The molecule has 1 aromatic rings. The summed E-state index contributed by atoms with van der Waals surface area (Å²) in [5.41, 5.74) is 0.937. The molecule has 0 amide bonds. The van der Waals surface area contributed by atoms with E-state index in [9.17, 15) is 4.79 Å². The fourth-order valence-electron chi connectivity index (χ4n) is 0.866. The monoisotopic (exact) mass is 276 g/mol. The molecule has 0 heterocycles. The van der Waals surface area contributed by atoms with Gasteiger partial charge in [0.15, 0.2) is 0 Å². The fourth-order valence-corrected chi connectivity index (χ4v) is 1.30. The average molecular weight is 278 g/mol. The minimum atomic E-state index is -0.213. The highest BCUT2D eigenvalue weighted by molar-refractivity contribution is 9.09. The van der Waals surface area contributed by atoms with Gasteiger partial charge in [0.1, 0.15) is 5.78 Å². The topological polar surface area (TPSA) is 17.1 Å². The molecule has 0 aliphatic carbocycles. The SMILES string of the molecule is CC.CC(=O)C(Br)c1ccc(Cl)cc1. The Morgan fingerprint density at radius 3 is 2.07 bits per heavy atom. The van der Waals surface area contributed by atoms with E-state index in [2.05, 4.69) is 15.9 Å². The summed E-state index contributed by atoms with van der Waals surface area (Å²) >= 11 is 8.98. The van der Waals surface area contributed by atoms with Crippen LogP contribution in [0.15, 0.2) is 24.3 Å². The summed E-state index contributed by atoms with van der Waals surface area (Å²) in [5.74, 6) is 0.0947. The first kappa shape index (κ1) is 13.7. The predicted octanol–water partition coefficient (Wildman–Crippen LogP) is 4.39. The van der Waals surface area contributed by atoms with Crippen molar-refractivity contribution in [3.8, 4) is 0 Å². The van der Waals surface area contributed by atoms with Gasteiger partial charge in [-0.2, -0.15) is 0 Å². The van der Waals surface area contributed by atoms with Crippen molar-refractivity contribution in [2.45, 2.75) is 25.6 Å². The van der Waals surface area contributed by atoms with Crippen molar-refractivity contribution < 1.29 is 4.79 Å². The Balaban J connectivity index is 0.000000791. The summed E-state index contributed by atoms with van der Waals surface area (Å²) in [7, 11) is 0. The molecule has 0 saturated carbocycles. The van der Waals surface area contributed by atoms with Gasteiger partial charge in [-0.1, -0.05) is 53.5 Å². The number of carbonyl (C=O) groups excluding carboxylic acids is 1. The van der Waals surface area contributed by atoms with E-state index in [-0.39, 0.29) is 10.6 Å². The van der Waals surface area contributed by atoms with Crippen LogP contribution in [0.1, 0.15) is 31.2 Å². The number of rotatable bonds is 2. The van der Waals surface area contributed by atoms with Gasteiger partial charge >= 0.3 is 0 Å². The van der Waals surface area contributed by atoms with Gasteiger partial charge in [-0.25, -0.2) is 0 Å². The van der Waals surface area contributed by atoms with Gasteiger partial charge in [0.05, 0.1) is 4.83 Å². The van der Waals surface area contributed by atoms with Gasteiger partial charge in [0, 0.05) is 5.02 Å². The zero-order chi connectivity index (χ0) is 11.1. The molecule has 1 atom stereocenters. The highest BCUT2D eigenvalue weighted by Crippen LogP contribution is 2.24. The maximum Gasteiger partial charge on any atom is 0.147 e. The second kappa shape index (κ2) is 7.02. The van der Waals surface area contributed by atoms with Crippen LogP contribution in [-0.2, 0) is 4.79 Å². The van der Waals surface area contributed by atoms with Gasteiger partial charge in [-0.15, -0.1) is 0 Å². The van der Waals surface area contributed by atoms with Crippen LogP contribution in [0.25, 0.3) is 0 Å². The van der Waals surface area contributed by atoms with E-state index in [4.69, 9.17) is 11.6 Å². The van der Waals surface area contributed by atoms with Crippen LogP contribution in [0, 0.1) is 0 Å². The van der Waals surface area contributed by atoms with Crippen LogP contribution in [0.4, 0.5) is 0 Å².